The highest BCUT2D eigenvalue weighted by atomic mass is 16.5. The Labute approximate surface area is 229 Å². The molecule has 2 aromatic carbocycles. The van der Waals surface area contributed by atoms with Crippen LogP contribution in [0.4, 0.5) is 0 Å². The van der Waals surface area contributed by atoms with Gasteiger partial charge in [0.2, 0.25) is 0 Å². The largest absolute Gasteiger partial charge is 0.507 e. The van der Waals surface area contributed by atoms with Crippen molar-refractivity contribution in [2.45, 2.75) is 96.8 Å². The van der Waals surface area contributed by atoms with Crippen LogP contribution in [0.15, 0.2) is 47.5 Å². The maximum Gasteiger partial charge on any atom is 0.255 e. The number of carbonyl (C=O) groups excluding carboxylic acids is 1. The van der Waals surface area contributed by atoms with Crippen molar-refractivity contribution in [2.24, 2.45) is 4.99 Å². The average molecular weight is 525 g/mol. The van der Waals surface area contributed by atoms with E-state index in [0.717, 1.165) is 6.42 Å². The summed E-state index contributed by atoms with van der Waals surface area (Å²) in [6.07, 6.45) is 20.2. The lowest BCUT2D eigenvalue weighted by atomic mass is 10.0. The quantitative estimate of drug-likeness (QED) is 0.115. The number of hydrogen-bond acceptors (Lipinski definition) is 5. The van der Waals surface area contributed by atoms with Crippen LogP contribution in [-0.4, -0.2) is 42.0 Å². The predicted molar refractivity (Wildman–Crippen MR) is 157 cm³/mol. The summed E-state index contributed by atoms with van der Waals surface area (Å²) >= 11 is 0. The Hall–Kier alpha value is -3.02. The molecule has 0 aromatic heterocycles. The first-order chi connectivity index (χ1) is 18.6. The van der Waals surface area contributed by atoms with Gasteiger partial charge in [-0.1, -0.05) is 103 Å². The number of unbranched alkanes of at least 4 members (excludes halogenated alkanes) is 13. The third-order valence-corrected chi connectivity index (χ3v) is 6.67. The van der Waals surface area contributed by atoms with Crippen molar-refractivity contribution in [3.8, 4) is 17.2 Å². The molecule has 0 aliphatic heterocycles. The molecule has 38 heavy (non-hydrogen) atoms. The van der Waals surface area contributed by atoms with Crippen molar-refractivity contribution in [3.63, 3.8) is 0 Å². The van der Waals surface area contributed by atoms with Crippen LogP contribution in [-0.2, 0) is 0 Å². The fourth-order valence-electron chi connectivity index (χ4n) is 4.37. The minimum Gasteiger partial charge on any atom is -0.507 e. The van der Waals surface area contributed by atoms with Crippen molar-refractivity contribution in [1.82, 2.24) is 5.32 Å². The van der Waals surface area contributed by atoms with Gasteiger partial charge in [-0.25, -0.2) is 0 Å². The number of ether oxygens (including phenoxy) is 1. The van der Waals surface area contributed by atoms with E-state index in [1.807, 2.05) is 0 Å². The Bertz CT molecular complexity index is 945. The van der Waals surface area contributed by atoms with E-state index in [2.05, 4.69) is 17.2 Å². The molecule has 2 rings (SSSR count). The fourth-order valence-corrected chi connectivity index (χ4v) is 4.37. The lowest BCUT2D eigenvalue weighted by molar-refractivity contribution is 0.0952. The summed E-state index contributed by atoms with van der Waals surface area (Å²) < 4.78 is 5.87. The Morgan fingerprint density at radius 2 is 1.42 bits per heavy atom. The van der Waals surface area contributed by atoms with Crippen LogP contribution in [0.1, 0.15) is 113 Å². The summed E-state index contributed by atoms with van der Waals surface area (Å²) in [6.45, 7) is 3.60. The molecule has 1 amide bonds. The highest BCUT2D eigenvalue weighted by molar-refractivity contribution is 5.96. The molecule has 0 spiro atoms. The van der Waals surface area contributed by atoms with Crippen LogP contribution < -0.4 is 10.1 Å². The van der Waals surface area contributed by atoms with Crippen LogP contribution >= 0.6 is 0 Å². The lowest BCUT2D eigenvalue weighted by Gasteiger charge is -2.08. The Morgan fingerprint density at radius 1 is 0.816 bits per heavy atom. The second-order valence-corrected chi connectivity index (χ2v) is 9.97. The average Bonchev–Trinajstić information content (AvgIpc) is 2.92. The van der Waals surface area contributed by atoms with Gasteiger partial charge in [-0.3, -0.25) is 9.79 Å². The fraction of sp³-hybridized carbons (Fsp3) is 0.562. The van der Waals surface area contributed by atoms with Crippen LogP contribution in [0.25, 0.3) is 0 Å². The molecule has 0 atom stereocenters. The molecular weight excluding hydrogens is 476 g/mol. The summed E-state index contributed by atoms with van der Waals surface area (Å²) in [7, 11) is 0. The van der Waals surface area contributed by atoms with Gasteiger partial charge in [0, 0.05) is 18.3 Å². The third kappa shape index (κ3) is 13.5. The summed E-state index contributed by atoms with van der Waals surface area (Å²) in [5.74, 6) is 0.451. The molecule has 0 radical (unpaired) electrons. The minimum absolute atomic E-state index is 0.0516. The van der Waals surface area contributed by atoms with Gasteiger partial charge in [0.25, 0.3) is 5.91 Å². The van der Waals surface area contributed by atoms with Crippen LogP contribution in [0.3, 0.4) is 0 Å². The second kappa shape index (κ2) is 20.0. The number of carbonyl (C=O) groups is 1. The van der Waals surface area contributed by atoms with E-state index in [9.17, 15) is 15.0 Å². The van der Waals surface area contributed by atoms with Crippen LogP contribution in [0, 0.1) is 0 Å². The SMILES string of the molecule is CCCCCCCCCCCCCCCCOc1ccc(O)c(C=NCCNC(=O)c2ccccc2O)c1. The zero-order valence-corrected chi connectivity index (χ0v) is 23.3. The van der Waals surface area contributed by atoms with E-state index in [-0.39, 0.29) is 23.0 Å². The molecule has 210 valence electrons. The van der Waals surface area contributed by atoms with Gasteiger partial charge in [0.15, 0.2) is 0 Å². The number of aromatic hydroxyl groups is 2. The smallest absolute Gasteiger partial charge is 0.255 e. The number of para-hydroxylation sites is 1. The van der Waals surface area contributed by atoms with Gasteiger partial charge < -0.3 is 20.3 Å². The van der Waals surface area contributed by atoms with E-state index in [0.29, 0.717) is 31.0 Å². The van der Waals surface area contributed by atoms with Crippen LogP contribution in [0.5, 0.6) is 17.2 Å². The molecular formula is C32H48N2O4. The Balaban J connectivity index is 1.52. The zero-order valence-electron chi connectivity index (χ0n) is 23.3. The van der Waals surface area contributed by atoms with E-state index in [4.69, 9.17) is 4.74 Å². The molecule has 0 unspecified atom stereocenters. The number of aliphatic imine (C=N–C) groups is 1. The molecule has 0 bridgehead atoms. The number of phenols is 2. The molecule has 3 N–H and O–H groups in total. The molecule has 6 nitrogen and oxygen atoms in total. The highest BCUT2D eigenvalue weighted by Gasteiger charge is 2.08. The van der Waals surface area contributed by atoms with Crippen molar-refractivity contribution in [1.29, 1.82) is 0 Å². The zero-order chi connectivity index (χ0) is 27.3. The Morgan fingerprint density at radius 3 is 2.05 bits per heavy atom. The predicted octanol–water partition coefficient (Wildman–Crippen LogP) is 7.81. The third-order valence-electron chi connectivity index (χ3n) is 6.67. The highest BCUT2D eigenvalue weighted by Crippen LogP contribution is 2.22. The number of phenolic OH excluding ortho intramolecular Hbond substituents is 2. The summed E-state index contributed by atoms with van der Waals surface area (Å²) in [5.41, 5.74) is 0.813. The monoisotopic (exact) mass is 524 g/mol. The van der Waals surface area contributed by atoms with Crippen LogP contribution in [0.2, 0.25) is 0 Å². The van der Waals surface area contributed by atoms with E-state index >= 15 is 0 Å². The van der Waals surface area contributed by atoms with E-state index in [1.54, 1.807) is 42.6 Å². The molecule has 0 aliphatic rings. The topological polar surface area (TPSA) is 91.2 Å². The van der Waals surface area contributed by atoms with E-state index < -0.39 is 0 Å². The molecule has 0 saturated carbocycles. The first kappa shape index (κ1) is 31.2. The maximum absolute atomic E-state index is 12.1. The number of nitrogens with zero attached hydrogens (tertiary/aromatic N) is 1. The van der Waals surface area contributed by atoms with Gasteiger partial charge >= 0.3 is 0 Å². The van der Waals surface area contributed by atoms with E-state index in [1.165, 1.54) is 89.5 Å². The lowest BCUT2D eigenvalue weighted by Crippen LogP contribution is -2.26. The standard InChI is InChI=1S/C32H48N2O4/c1-2-3-4-5-6-7-8-9-10-11-12-13-14-17-24-38-28-20-21-30(35)27(25-28)26-33-22-23-34-32(37)29-18-15-16-19-31(29)36/h15-16,18-21,25-26,35-36H,2-14,17,22-24H2,1H3,(H,34,37). The number of nitrogens with one attached hydrogen (secondary N) is 1. The van der Waals surface area contributed by atoms with Gasteiger partial charge in [0.05, 0.1) is 18.7 Å². The maximum atomic E-state index is 12.1. The number of rotatable bonds is 21. The summed E-state index contributed by atoms with van der Waals surface area (Å²) in [4.78, 5) is 16.4. The van der Waals surface area contributed by atoms with Crippen molar-refractivity contribution in [2.75, 3.05) is 19.7 Å². The number of amides is 1. The number of hydrogen-bond donors (Lipinski definition) is 3. The van der Waals surface area contributed by atoms with Crippen molar-refractivity contribution >= 4 is 12.1 Å². The van der Waals surface area contributed by atoms with Gasteiger partial charge in [-0.05, 0) is 36.8 Å². The molecule has 0 saturated heterocycles. The van der Waals surface area contributed by atoms with Crippen molar-refractivity contribution < 1.29 is 19.7 Å². The Kier molecular flexibility index (Phi) is 16.4. The van der Waals surface area contributed by atoms with Gasteiger partial charge in [0.1, 0.15) is 17.2 Å². The molecule has 6 heteroatoms. The molecule has 0 fully saturated rings. The van der Waals surface area contributed by atoms with Crippen molar-refractivity contribution in [3.05, 3.63) is 53.6 Å². The molecule has 0 heterocycles. The molecule has 0 aliphatic carbocycles. The first-order valence-corrected chi connectivity index (χ1v) is 14.6. The second-order valence-electron chi connectivity index (χ2n) is 9.97. The minimum atomic E-state index is -0.347. The summed E-state index contributed by atoms with van der Waals surface area (Å²) in [5, 5.41) is 22.6. The first-order valence-electron chi connectivity index (χ1n) is 14.6. The normalized spacial score (nSPS) is 11.2. The number of benzene rings is 2. The summed E-state index contributed by atoms with van der Waals surface area (Å²) in [6, 6.07) is 11.6. The molecule has 2 aromatic rings. The van der Waals surface area contributed by atoms with Gasteiger partial charge in [-0.2, -0.15) is 0 Å². The van der Waals surface area contributed by atoms with Gasteiger partial charge in [-0.15, -0.1) is 0 Å².